The van der Waals surface area contributed by atoms with Gasteiger partial charge in [-0.15, -0.1) is 0 Å². The van der Waals surface area contributed by atoms with Crippen LogP contribution in [-0.4, -0.2) is 4.92 Å². The molecule has 0 heterocycles. The molecule has 112 valence electrons. The molecule has 1 aromatic carbocycles. The Hall–Kier alpha value is -1.38. The van der Waals surface area contributed by atoms with E-state index in [1.807, 2.05) is 19.1 Å². The van der Waals surface area contributed by atoms with Gasteiger partial charge in [-0.25, -0.2) is 0 Å². The van der Waals surface area contributed by atoms with Crippen LogP contribution >= 0.6 is 0 Å². The summed E-state index contributed by atoms with van der Waals surface area (Å²) in [6.07, 6.45) is 10.9. The highest BCUT2D eigenvalue weighted by molar-refractivity contribution is 5.43. The standard InChI is InChI=1S/C17H27NO2/c1-3-4-5-6-7-8-9-10-11-16-13-12-15(2)14-17(16)18(19)20/h12-14H,3-11H2,1-2H3. The lowest BCUT2D eigenvalue weighted by atomic mass is 10.0. The highest BCUT2D eigenvalue weighted by Gasteiger charge is 2.12. The molecule has 0 radical (unpaired) electrons. The summed E-state index contributed by atoms with van der Waals surface area (Å²) in [5, 5.41) is 11.0. The van der Waals surface area contributed by atoms with Gasteiger partial charge in [0.1, 0.15) is 0 Å². The van der Waals surface area contributed by atoms with E-state index in [4.69, 9.17) is 0 Å². The molecule has 0 aliphatic rings. The van der Waals surface area contributed by atoms with Crippen LogP contribution in [0.25, 0.3) is 0 Å². The first kappa shape index (κ1) is 16.7. The zero-order chi connectivity index (χ0) is 14.8. The van der Waals surface area contributed by atoms with E-state index < -0.39 is 0 Å². The number of benzene rings is 1. The van der Waals surface area contributed by atoms with Gasteiger partial charge in [-0.2, -0.15) is 0 Å². The number of aryl methyl sites for hydroxylation is 2. The highest BCUT2D eigenvalue weighted by atomic mass is 16.6. The number of nitro groups is 1. The Labute approximate surface area is 122 Å². The molecule has 0 aliphatic heterocycles. The Bertz CT molecular complexity index is 415. The quantitative estimate of drug-likeness (QED) is 0.318. The van der Waals surface area contributed by atoms with E-state index in [9.17, 15) is 10.1 Å². The van der Waals surface area contributed by atoms with E-state index in [1.165, 1.54) is 44.9 Å². The maximum atomic E-state index is 11.0. The Morgan fingerprint density at radius 3 is 2.20 bits per heavy atom. The maximum absolute atomic E-state index is 11.0. The van der Waals surface area contributed by atoms with Crippen LogP contribution < -0.4 is 0 Å². The molecule has 20 heavy (non-hydrogen) atoms. The second-order valence-electron chi connectivity index (χ2n) is 5.61. The Balaban J connectivity index is 2.27. The molecule has 0 amide bonds. The van der Waals surface area contributed by atoms with Crippen molar-refractivity contribution >= 4 is 5.69 Å². The Morgan fingerprint density at radius 2 is 1.60 bits per heavy atom. The summed E-state index contributed by atoms with van der Waals surface area (Å²) in [7, 11) is 0. The van der Waals surface area contributed by atoms with Gasteiger partial charge in [-0.05, 0) is 25.3 Å². The Morgan fingerprint density at radius 1 is 1.00 bits per heavy atom. The number of unbranched alkanes of at least 4 members (excludes halogenated alkanes) is 7. The van der Waals surface area contributed by atoms with Gasteiger partial charge >= 0.3 is 0 Å². The number of nitro benzene ring substituents is 1. The van der Waals surface area contributed by atoms with Gasteiger partial charge in [0.05, 0.1) is 4.92 Å². The van der Waals surface area contributed by atoms with Crippen molar-refractivity contribution in [2.75, 3.05) is 0 Å². The molecule has 3 heteroatoms. The average molecular weight is 277 g/mol. The lowest BCUT2D eigenvalue weighted by molar-refractivity contribution is -0.385. The normalized spacial score (nSPS) is 10.7. The fraction of sp³-hybridized carbons (Fsp3) is 0.647. The van der Waals surface area contributed by atoms with Gasteiger partial charge in [0, 0.05) is 11.6 Å². The molecule has 0 unspecified atom stereocenters. The predicted molar refractivity (Wildman–Crippen MR) is 84.1 cm³/mol. The largest absolute Gasteiger partial charge is 0.272 e. The first-order valence-corrected chi connectivity index (χ1v) is 7.89. The predicted octanol–water partition coefficient (Wildman–Crippen LogP) is 5.59. The van der Waals surface area contributed by atoms with Crippen molar-refractivity contribution in [3.05, 3.63) is 39.4 Å². The topological polar surface area (TPSA) is 43.1 Å². The second kappa shape index (κ2) is 9.51. The van der Waals surface area contributed by atoms with E-state index in [-0.39, 0.29) is 10.6 Å². The van der Waals surface area contributed by atoms with Gasteiger partial charge in [-0.3, -0.25) is 10.1 Å². The molecule has 1 rings (SSSR count). The minimum Gasteiger partial charge on any atom is -0.258 e. The number of hydrogen-bond donors (Lipinski definition) is 0. The van der Waals surface area contributed by atoms with Crippen molar-refractivity contribution in [3.63, 3.8) is 0 Å². The average Bonchev–Trinajstić information content (AvgIpc) is 2.43. The summed E-state index contributed by atoms with van der Waals surface area (Å²) in [5.74, 6) is 0. The molecule has 3 nitrogen and oxygen atoms in total. The van der Waals surface area contributed by atoms with Gasteiger partial charge in [0.15, 0.2) is 0 Å². The van der Waals surface area contributed by atoms with E-state index in [1.54, 1.807) is 6.07 Å². The third kappa shape index (κ3) is 6.18. The van der Waals surface area contributed by atoms with Crippen LogP contribution in [0.5, 0.6) is 0 Å². The van der Waals surface area contributed by atoms with Crippen molar-refractivity contribution in [2.45, 2.75) is 71.6 Å². The summed E-state index contributed by atoms with van der Waals surface area (Å²) < 4.78 is 0. The molecule has 0 bridgehead atoms. The minimum atomic E-state index is -0.257. The van der Waals surface area contributed by atoms with Crippen LogP contribution in [0, 0.1) is 17.0 Å². The van der Waals surface area contributed by atoms with Crippen LogP contribution in [0.2, 0.25) is 0 Å². The highest BCUT2D eigenvalue weighted by Crippen LogP contribution is 2.22. The third-order valence-electron chi connectivity index (χ3n) is 3.74. The molecular weight excluding hydrogens is 250 g/mol. The summed E-state index contributed by atoms with van der Waals surface area (Å²) in [6.45, 7) is 4.13. The van der Waals surface area contributed by atoms with Crippen LogP contribution in [0.1, 0.15) is 69.4 Å². The van der Waals surface area contributed by atoms with Crippen molar-refractivity contribution < 1.29 is 4.92 Å². The second-order valence-corrected chi connectivity index (χ2v) is 5.61. The molecule has 0 N–H and O–H groups in total. The van der Waals surface area contributed by atoms with E-state index >= 15 is 0 Å². The van der Waals surface area contributed by atoms with Crippen LogP contribution in [0.15, 0.2) is 18.2 Å². The minimum absolute atomic E-state index is 0.257. The van der Waals surface area contributed by atoms with Crippen molar-refractivity contribution in [1.29, 1.82) is 0 Å². The molecule has 0 aliphatic carbocycles. The molecule has 0 saturated heterocycles. The third-order valence-corrected chi connectivity index (χ3v) is 3.74. The number of nitrogens with zero attached hydrogens (tertiary/aromatic N) is 1. The summed E-state index contributed by atoms with van der Waals surface area (Å²) in [6, 6.07) is 5.56. The van der Waals surface area contributed by atoms with Gasteiger partial charge < -0.3 is 0 Å². The van der Waals surface area contributed by atoms with Gasteiger partial charge in [-0.1, -0.05) is 64.0 Å². The first-order valence-electron chi connectivity index (χ1n) is 7.89. The molecule has 0 atom stereocenters. The number of rotatable bonds is 10. The molecule has 0 spiro atoms. The van der Waals surface area contributed by atoms with Crippen molar-refractivity contribution in [1.82, 2.24) is 0 Å². The fourth-order valence-electron chi connectivity index (χ4n) is 2.50. The molecule has 1 aromatic rings. The smallest absolute Gasteiger partial charge is 0.258 e. The SMILES string of the molecule is CCCCCCCCCCc1ccc(C)cc1[N+](=O)[O-]. The van der Waals surface area contributed by atoms with E-state index in [2.05, 4.69) is 6.92 Å². The van der Waals surface area contributed by atoms with Crippen molar-refractivity contribution in [3.8, 4) is 0 Å². The van der Waals surface area contributed by atoms with Crippen LogP contribution in [0.4, 0.5) is 5.69 Å². The summed E-state index contributed by atoms with van der Waals surface area (Å²) in [5.41, 5.74) is 2.12. The van der Waals surface area contributed by atoms with E-state index in [0.29, 0.717) is 0 Å². The molecule has 0 fully saturated rings. The van der Waals surface area contributed by atoms with Crippen LogP contribution in [-0.2, 0) is 6.42 Å². The number of hydrogen-bond acceptors (Lipinski definition) is 2. The zero-order valence-corrected chi connectivity index (χ0v) is 12.9. The lowest BCUT2D eigenvalue weighted by Gasteiger charge is -2.04. The zero-order valence-electron chi connectivity index (χ0n) is 12.9. The summed E-state index contributed by atoms with van der Waals surface area (Å²) in [4.78, 5) is 10.8. The van der Waals surface area contributed by atoms with Gasteiger partial charge in [0.2, 0.25) is 0 Å². The van der Waals surface area contributed by atoms with E-state index in [0.717, 1.165) is 24.0 Å². The van der Waals surface area contributed by atoms with Gasteiger partial charge in [0.25, 0.3) is 5.69 Å². The van der Waals surface area contributed by atoms with Crippen molar-refractivity contribution in [2.24, 2.45) is 0 Å². The summed E-state index contributed by atoms with van der Waals surface area (Å²) >= 11 is 0. The Kier molecular flexibility index (Phi) is 7.93. The first-order chi connectivity index (χ1) is 9.65. The molecule has 0 saturated carbocycles. The maximum Gasteiger partial charge on any atom is 0.272 e. The monoisotopic (exact) mass is 277 g/mol. The molecular formula is C17H27NO2. The fourth-order valence-corrected chi connectivity index (χ4v) is 2.50. The van der Waals surface area contributed by atoms with Crippen LogP contribution in [0.3, 0.4) is 0 Å². The lowest BCUT2D eigenvalue weighted by Crippen LogP contribution is -1.96. The molecule has 0 aromatic heterocycles.